The molecule has 2 N–H and O–H groups in total. The Bertz CT molecular complexity index is 421. The van der Waals surface area contributed by atoms with Crippen molar-refractivity contribution in [1.29, 1.82) is 0 Å². The van der Waals surface area contributed by atoms with Crippen LogP contribution >= 0.6 is 0 Å². The number of hydrogen-bond donors (Lipinski definition) is 2. The van der Waals surface area contributed by atoms with E-state index < -0.39 is 5.60 Å². The van der Waals surface area contributed by atoms with Crippen molar-refractivity contribution in [1.82, 2.24) is 15.2 Å². The van der Waals surface area contributed by atoms with Crippen LogP contribution in [-0.4, -0.2) is 28.8 Å². The number of carbonyl (C=O) groups excluding carboxylic acids is 1. The molecule has 0 bridgehead atoms. The molecule has 114 valence electrons. The number of carbonyl (C=O) groups is 1. The maximum Gasteiger partial charge on any atom is 0.407 e. The van der Waals surface area contributed by atoms with Gasteiger partial charge in [0.1, 0.15) is 5.60 Å². The molecule has 1 atom stereocenters. The van der Waals surface area contributed by atoms with Gasteiger partial charge in [-0.25, -0.2) is 4.79 Å². The molecule has 0 aliphatic carbocycles. The first-order valence-electron chi connectivity index (χ1n) is 7.12. The summed E-state index contributed by atoms with van der Waals surface area (Å²) in [5.41, 5.74) is 0.760. The van der Waals surface area contributed by atoms with E-state index in [1.807, 2.05) is 47.0 Å². The lowest BCUT2D eigenvalue weighted by molar-refractivity contribution is 0.0502. The van der Waals surface area contributed by atoms with Crippen LogP contribution < -0.4 is 10.6 Å². The van der Waals surface area contributed by atoms with Crippen LogP contribution in [-0.2, 0) is 18.3 Å². The fourth-order valence-electron chi connectivity index (χ4n) is 1.83. The van der Waals surface area contributed by atoms with Gasteiger partial charge in [0.2, 0.25) is 0 Å². The Morgan fingerprint density at radius 3 is 2.65 bits per heavy atom. The summed E-state index contributed by atoms with van der Waals surface area (Å²) in [4.78, 5) is 11.7. The van der Waals surface area contributed by atoms with Gasteiger partial charge in [0, 0.05) is 38.1 Å². The Morgan fingerprint density at radius 2 is 2.15 bits per heavy atom. The van der Waals surface area contributed by atoms with E-state index in [2.05, 4.69) is 21.3 Å². The molecule has 1 aromatic rings. The van der Waals surface area contributed by atoms with E-state index in [0.717, 1.165) is 19.5 Å². The van der Waals surface area contributed by atoms with Gasteiger partial charge in [0.15, 0.2) is 0 Å². The van der Waals surface area contributed by atoms with Crippen molar-refractivity contribution < 1.29 is 9.53 Å². The second-order valence-corrected chi connectivity index (χ2v) is 5.99. The average molecular weight is 281 g/mol. The Morgan fingerprint density at radius 1 is 1.45 bits per heavy atom. The Kier molecular flexibility index (Phi) is 6.07. The van der Waals surface area contributed by atoms with Crippen LogP contribution in [0.2, 0.25) is 0 Å². The van der Waals surface area contributed by atoms with E-state index in [0.29, 0.717) is 0 Å². The number of hydrogen-bond acceptors (Lipinski definition) is 3. The lowest BCUT2D eigenvalue weighted by Crippen LogP contribution is -2.43. The molecule has 5 nitrogen and oxygen atoms in total. The summed E-state index contributed by atoms with van der Waals surface area (Å²) in [6, 6.07) is 4.17. The van der Waals surface area contributed by atoms with E-state index >= 15 is 0 Å². The summed E-state index contributed by atoms with van der Waals surface area (Å²) in [5, 5.41) is 6.24. The van der Waals surface area contributed by atoms with E-state index in [9.17, 15) is 4.79 Å². The second kappa shape index (κ2) is 7.33. The van der Waals surface area contributed by atoms with Gasteiger partial charge in [-0.1, -0.05) is 6.92 Å². The van der Waals surface area contributed by atoms with Crippen molar-refractivity contribution in [2.75, 3.05) is 6.54 Å². The quantitative estimate of drug-likeness (QED) is 0.842. The molecule has 0 aliphatic rings. The number of aryl methyl sites for hydroxylation is 1. The Balaban J connectivity index is 2.32. The predicted molar refractivity (Wildman–Crippen MR) is 80.6 cm³/mol. The van der Waals surface area contributed by atoms with Crippen LogP contribution in [0.15, 0.2) is 18.3 Å². The van der Waals surface area contributed by atoms with Gasteiger partial charge < -0.3 is 19.9 Å². The molecular formula is C15H27N3O2. The third kappa shape index (κ3) is 6.10. The number of amides is 1. The SMILES string of the molecule is CCC(CNCc1cccn1C)NC(=O)OC(C)(C)C. The molecule has 0 fully saturated rings. The van der Waals surface area contributed by atoms with Crippen molar-refractivity contribution in [2.24, 2.45) is 7.05 Å². The van der Waals surface area contributed by atoms with Gasteiger partial charge in [-0.05, 0) is 39.3 Å². The maximum absolute atomic E-state index is 11.7. The first-order valence-corrected chi connectivity index (χ1v) is 7.12. The van der Waals surface area contributed by atoms with E-state index in [1.54, 1.807) is 0 Å². The minimum Gasteiger partial charge on any atom is -0.444 e. The predicted octanol–water partition coefficient (Wildman–Crippen LogP) is 2.42. The summed E-state index contributed by atoms with van der Waals surface area (Å²) < 4.78 is 7.34. The summed E-state index contributed by atoms with van der Waals surface area (Å²) in [5.74, 6) is 0. The van der Waals surface area contributed by atoms with Gasteiger partial charge in [-0.15, -0.1) is 0 Å². The number of aromatic nitrogens is 1. The molecule has 0 saturated heterocycles. The number of ether oxygens (including phenoxy) is 1. The van der Waals surface area contributed by atoms with E-state index in [-0.39, 0.29) is 12.1 Å². The van der Waals surface area contributed by atoms with Crippen molar-refractivity contribution in [2.45, 2.75) is 52.3 Å². The average Bonchev–Trinajstić information content (AvgIpc) is 2.71. The first-order chi connectivity index (χ1) is 9.31. The molecule has 1 amide bonds. The van der Waals surface area contributed by atoms with Gasteiger partial charge >= 0.3 is 6.09 Å². The minimum absolute atomic E-state index is 0.0742. The Labute approximate surface area is 121 Å². The molecule has 1 rings (SSSR count). The number of alkyl carbamates (subject to hydrolysis) is 1. The number of nitrogens with one attached hydrogen (secondary N) is 2. The summed E-state index contributed by atoms with van der Waals surface area (Å²) in [7, 11) is 2.02. The molecule has 0 aliphatic heterocycles. The topological polar surface area (TPSA) is 55.3 Å². The number of nitrogens with zero attached hydrogens (tertiary/aromatic N) is 1. The van der Waals surface area contributed by atoms with Gasteiger partial charge in [0.05, 0.1) is 0 Å². The van der Waals surface area contributed by atoms with Crippen LogP contribution in [0.1, 0.15) is 39.8 Å². The van der Waals surface area contributed by atoms with Crippen LogP contribution in [0, 0.1) is 0 Å². The molecular weight excluding hydrogens is 254 g/mol. The van der Waals surface area contributed by atoms with Crippen LogP contribution in [0.5, 0.6) is 0 Å². The molecule has 0 saturated carbocycles. The van der Waals surface area contributed by atoms with Crippen molar-refractivity contribution >= 4 is 6.09 Å². The van der Waals surface area contributed by atoms with Crippen molar-refractivity contribution in [3.63, 3.8) is 0 Å². The lowest BCUT2D eigenvalue weighted by atomic mass is 10.2. The monoisotopic (exact) mass is 281 g/mol. The van der Waals surface area contributed by atoms with Crippen molar-refractivity contribution in [3.05, 3.63) is 24.0 Å². The van der Waals surface area contributed by atoms with E-state index in [1.165, 1.54) is 5.69 Å². The normalized spacial score (nSPS) is 13.1. The highest BCUT2D eigenvalue weighted by molar-refractivity contribution is 5.68. The standard InChI is InChI=1S/C15H27N3O2/c1-6-12(17-14(19)20-15(2,3)4)10-16-11-13-8-7-9-18(13)5/h7-9,12,16H,6,10-11H2,1-5H3,(H,17,19). The maximum atomic E-state index is 11.7. The van der Waals surface area contributed by atoms with Crippen LogP contribution in [0.3, 0.4) is 0 Å². The molecule has 0 radical (unpaired) electrons. The smallest absolute Gasteiger partial charge is 0.407 e. The highest BCUT2D eigenvalue weighted by atomic mass is 16.6. The largest absolute Gasteiger partial charge is 0.444 e. The van der Waals surface area contributed by atoms with Gasteiger partial charge in [0.25, 0.3) is 0 Å². The molecule has 5 heteroatoms. The molecule has 0 spiro atoms. The van der Waals surface area contributed by atoms with Crippen LogP contribution in [0.25, 0.3) is 0 Å². The minimum atomic E-state index is -0.459. The first kappa shape index (κ1) is 16.6. The molecule has 1 aromatic heterocycles. The summed E-state index contributed by atoms with van der Waals surface area (Å²) in [6.45, 7) is 9.15. The highest BCUT2D eigenvalue weighted by Gasteiger charge is 2.18. The van der Waals surface area contributed by atoms with Gasteiger partial charge in [-0.3, -0.25) is 0 Å². The zero-order valence-electron chi connectivity index (χ0n) is 13.2. The zero-order chi connectivity index (χ0) is 15.2. The lowest BCUT2D eigenvalue weighted by Gasteiger charge is -2.23. The third-order valence-electron chi connectivity index (χ3n) is 2.96. The Hall–Kier alpha value is -1.49. The molecule has 20 heavy (non-hydrogen) atoms. The third-order valence-corrected chi connectivity index (χ3v) is 2.96. The van der Waals surface area contributed by atoms with Crippen LogP contribution in [0.4, 0.5) is 4.79 Å². The fraction of sp³-hybridized carbons (Fsp3) is 0.667. The molecule has 0 aromatic carbocycles. The van der Waals surface area contributed by atoms with Gasteiger partial charge in [-0.2, -0.15) is 0 Å². The van der Waals surface area contributed by atoms with E-state index in [4.69, 9.17) is 4.74 Å². The molecule has 1 heterocycles. The summed E-state index contributed by atoms with van der Waals surface area (Å²) in [6.07, 6.45) is 2.53. The second-order valence-electron chi connectivity index (χ2n) is 5.99. The zero-order valence-corrected chi connectivity index (χ0v) is 13.2. The summed E-state index contributed by atoms with van der Waals surface area (Å²) >= 11 is 0. The number of rotatable bonds is 6. The highest BCUT2D eigenvalue weighted by Crippen LogP contribution is 2.07. The fourth-order valence-corrected chi connectivity index (χ4v) is 1.83. The molecule has 1 unspecified atom stereocenters. The van der Waals surface area contributed by atoms with Crippen molar-refractivity contribution in [3.8, 4) is 0 Å².